The maximum atomic E-state index is 4.66. The van der Waals surface area contributed by atoms with Gasteiger partial charge in [-0.05, 0) is 37.0 Å². The van der Waals surface area contributed by atoms with E-state index in [9.17, 15) is 0 Å². The van der Waals surface area contributed by atoms with Gasteiger partial charge in [-0.15, -0.1) is 0 Å². The van der Waals surface area contributed by atoms with Crippen LogP contribution >= 0.6 is 0 Å². The number of hydrogen-bond donors (Lipinski definition) is 1. The highest BCUT2D eigenvalue weighted by Crippen LogP contribution is 2.15. The molecule has 0 aliphatic carbocycles. The molecule has 0 amide bonds. The lowest BCUT2D eigenvalue weighted by Crippen LogP contribution is -2.21. The summed E-state index contributed by atoms with van der Waals surface area (Å²) in [6.07, 6.45) is 1.05. The second-order valence-corrected chi connectivity index (χ2v) is 6.01. The predicted octanol–water partition coefficient (Wildman–Crippen LogP) is 3.61. The van der Waals surface area contributed by atoms with Crippen LogP contribution in [0.15, 0.2) is 24.3 Å². The highest BCUT2D eigenvalue weighted by Gasteiger charge is 2.09. The third kappa shape index (κ3) is 3.94. The van der Waals surface area contributed by atoms with Crippen molar-refractivity contribution in [3.8, 4) is 0 Å². The van der Waals surface area contributed by atoms with Gasteiger partial charge in [0.2, 0.25) is 0 Å². The number of nitrogens with zero attached hydrogens (tertiary/aromatic N) is 2. The number of nitrogens with one attached hydrogen (secondary N) is 1. The zero-order chi connectivity index (χ0) is 15.4. The van der Waals surface area contributed by atoms with E-state index in [1.807, 2.05) is 0 Å². The van der Waals surface area contributed by atoms with Crippen molar-refractivity contribution in [2.75, 3.05) is 0 Å². The zero-order valence-electron chi connectivity index (χ0n) is 13.9. The topological polar surface area (TPSA) is 29.9 Å². The molecule has 0 saturated heterocycles. The molecule has 1 aromatic carbocycles. The van der Waals surface area contributed by atoms with Gasteiger partial charge in [0.1, 0.15) is 0 Å². The zero-order valence-corrected chi connectivity index (χ0v) is 13.9. The summed E-state index contributed by atoms with van der Waals surface area (Å²) in [7, 11) is 0. The Balaban J connectivity index is 2.06. The molecule has 0 radical (unpaired) electrons. The third-order valence-corrected chi connectivity index (χ3v) is 3.95. The van der Waals surface area contributed by atoms with Crippen molar-refractivity contribution in [1.29, 1.82) is 0 Å². The van der Waals surface area contributed by atoms with Gasteiger partial charge in [-0.25, -0.2) is 0 Å². The molecule has 0 bridgehead atoms. The molecule has 0 aliphatic rings. The lowest BCUT2D eigenvalue weighted by atomic mass is 10.1. The molecule has 1 aromatic heterocycles. The fourth-order valence-electron chi connectivity index (χ4n) is 2.66. The second-order valence-electron chi connectivity index (χ2n) is 6.01. The second kappa shape index (κ2) is 6.90. The van der Waals surface area contributed by atoms with Gasteiger partial charge in [0.05, 0.1) is 12.2 Å². The summed E-state index contributed by atoms with van der Waals surface area (Å²) in [4.78, 5) is 0. The number of rotatable bonds is 6. The first-order chi connectivity index (χ1) is 10.0. The monoisotopic (exact) mass is 285 g/mol. The minimum atomic E-state index is 0.520. The number of aromatic nitrogens is 2. The third-order valence-electron chi connectivity index (χ3n) is 3.95. The van der Waals surface area contributed by atoms with Crippen molar-refractivity contribution in [2.45, 2.75) is 60.2 Å². The van der Waals surface area contributed by atoms with Gasteiger partial charge in [-0.2, -0.15) is 5.10 Å². The molecule has 0 aliphatic heterocycles. The molecular weight excluding hydrogens is 258 g/mol. The van der Waals surface area contributed by atoms with Crippen LogP contribution in [0.5, 0.6) is 0 Å². The van der Waals surface area contributed by atoms with Crippen molar-refractivity contribution in [3.05, 3.63) is 52.3 Å². The van der Waals surface area contributed by atoms with Gasteiger partial charge in [0.15, 0.2) is 0 Å². The molecular formula is C18H27N3. The molecule has 0 atom stereocenters. The van der Waals surface area contributed by atoms with Crippen LogP contribution < -0.4 is 5.32 Å². The quantitative estimate of drug-likeness (QED) is 0.878. The van der Waals surface area contributed by atoms with Gasteiger partial charge in [-0.3, -0.25) is 4.68 Å². The lowest BCUT2D eigenvalue weighted by molar-refractivity contribution is 0.588. The molecule has 1 heterocycles. The van der Waals surface area contributed by atoms with E-state index < -0.39 is 0 Å². The normalized spacial score (nSPS) is 11.3. The van der Waals surface area contributed by atoms with E-state index in [1.54, 1.807) is 0 Å². The predicted molar refractivity (Wildman–Crippen MR) is 88.6 cm³/mol. The van der Waals surface area contributed by atoms with E-state index in [1.165, 1.54) is 22.4 Å². The van der Waals surface area contributed by atoms with Gasteiger partial charge >= 0.3 is 0 Å². The Morgan fingerprint density at radius 1 is 1.10 bits per heavy atom. The Labute approximate surface area is 128 Å². The molecule has 1 N–H and O–H groups in total. The average Bonchev–Trinajstić information content (AvgIpc) is 2.72. The van der Waals surface area contributed by atoms with Crippen molar-refractivity contribution in [2.24, 2.45) is 0 Å². The Bertz CT molecular complexity index is 579. The van der Waals surface area contributed by atoms with Crippen LogP contribution in [0.4, 0.5) is 0 Å². The largest absolute Gasteiger partial charge is 0.310 e. The number of aryl methyl sites for hydroxylation is 1. The number of hydrogen-bond acceptors (Lipinski definition) is 2. The lowest BCUT2D eigenvalue weighted by Gasteiger charge is -2.09. The minimum absolute atomic E-state index is 0.520. The summed E-state index contributed by atoms with van der Waals surface area (Å²) >= 11 is 0. The van der Waals surface area contributed by atoms with Gasteiger partial charge < -0.3 is 5.32 Å². The fourth-order valence-corrected chi connectivity index (χ4v) is 2.66. The fraction of sp³-hybridized carbons (Fsp3) is 0.500. The standard InChI is InChI=1S/C18H27N3/c1-6-18-14(4)20-21(15(18)5)12-17-9-7-16(8-10-17)11-19-13(2)3/h7-10,13,19H,6,11-12H2,1-5H3. The molecule has 0 unspecified atom stereocenters. The smallest absolute Gasteiger partial charge is 0.0662 e. The first kappa shape index (κ1) is 15.8. The Kier molecular flexibility index (Phi) is 5.18. The van der Waals surface area contributed by atoms with Crippen molar-refractivity contribution >= 4 is 0 Å². The average molecular weight is 285 g/mol. The van der Waals surface area contributed by atoms with Gasteiger partial charge in [0.25, 0.3) is 0 Å². The molecule has 3 nitrogen and oxygen atoms in total. The van der Waals surface area contributed by atoms with E-state index in [0.717, 1.165) is 25.2 Å². The van der Waals surface area contributed by atoms with Crippen LogP contribution in [0, 0.1) is 13.8 Å². The van der Waals surface area contributed by atoms with Crippen LogP contribution in [-0.2, 0) is 19.5 Å². The molecule has 2 aromatic rings. The summed E-state index contributed by atoms with van der Waals surface area (Å²) < 4.78 is 2.12. The van der Waals surface area contributed by atoms with E-state index in [0.29, 0.717) is 6.04 Å². The maximum absolute atomic E-state index is 4.66. The SMILES string of the molecule is CCc1c(C)nn(Cc2ccc(CNC(C)C)cc2)c1C. The highest BCUT2D eigenvalue weighted by molar-refractivity contribution is 5.27. The van der Waals surface area contributed by atoms with Crippen molar-refractivity contribution < 1.29 is 0 Å². The van der Waals surface area contributed by atoms with Crippen LogP contribution in [0.25, 0.3) is 0 Å². The maximum Gasteiger partial charge on any atom is 0.0662 e. The molecule has 0 fully saturated rings. The first-order valence-corrected chi connectivity index (χ1v) is 7.85. The van der Waals surface area contributed by atoms with Crippen LogP contribution in [0.3, 0.4) is 0 Å². The summed E-state index contributed by atoms with van der Waals surface area (Å²) in [5, 5.41) is 8.10. The molecule has 0 spiro atoms. The van der Waals surface area contributed by atoms with Crippen molar-refractivity contribution in [3.63, 3.8) is 0 Å². The van der Waals surface area contributed by atoms with E-state index in [4.69, 9.17) is 0 Å². The molecule has 0 saturated carbocycles. The Morgan fingerprint density at radius 2 is 1.71 bits per heavy atom. The molecule has 21 heavy (non-hydrogen) atoms. The summed E-state index contributed by atoms with van der Waals surface area (Å²) in [6, 6.07) is 9.35. The summed E-state index contributed by atoms with van der Waals surface area (Å²) in [5.41, 5.74) is 6.47. The van der Waals surface area contributed by atoms with Crippen LogP contribution in [0.2, 0.25) is 0 Å². The summed E-state index contributed by atoms with van der Waals surface area (Å²) in [6.45, 7) is 12.6. The Morgan fingerprint density at radius 3 is 2.24 bits per heavy atom. The van der Waals surface area contributed by atoms with Crippen LogP contribution in [-0.4, -0.2) is 15.8 Å². The molecule has 114 valence electrons. The molecule has 2 rings (SSSR count). The number of benzene rings is 1. The van der Waals surface area contributed by atoms with E-state index >= 15 is 0 Å². The minimum Gasteiger partial charge on any atom is -0.310 e. The molecule has 3 heteroatoms. The van der Waals surface area contributed by atoms with Crippen molar-refractivity contribution in [1.82, 2.24) is 15.1 Å². The Hall–Kier alpha value is -1.61. The summed E-state index contributed by atoms with van der Waals surface area (Å²) in [5.74, 6) is 0. The van der Waals surface area contributed by atoms with Crippen LogP contribution in [0.1, 0.15) is 48.8 Å². The highest BCUT2D eigenvalue weighted by atomic mass is 15.3. The van der Waals surface area contributed by atoms with Gasteiger partial charge in [-0.1, -0.05) is 45.0 Å². The van der Waals surface area contributed by atoms with Gasteiger partial charge in [0, 0.05) is 18.3 Å². The first-order valence-electron chi connectivity index (χ1n) is 7.85. The van der Waals surface area contributed by atoms with E-state index in [-0.39, 0.29) is 0 Å². The van der Waals surface area contributed by atoms with E-state index in [2.05, 4.69) is 74.0 Å².